The predicted molar refractivity (Wildman–Crippen MR) is 104 cm³/mol. The number of hydrogen-bond acceptors (Lipinski definition) is 2. The second-order valence-electron chi connectivity index (χ2n) is 7.12. The van der Waals surface area contributed by atoms with Crippen molar-refractivity contribution in [2.75, 3.05) is 5.32 Å². The van der Waals surface area contributed by atoms with Gasteiger partial charge in [0.1, 0.15) is 0 Å². The molecule has 3 atom stereocenters. The highest BCUT2D eigenvalue weighted by Gasteiger charge is 2.39. The summed E-state index contributed by atoms with van der Waals surface area (Å²) in [7, 11) is 0. The minimum Gasteiger partial charge on any atom is -0.478 e. The van der Waals surface area contributed by atoms with E-state index in [-0.39, 0.29) is 12.0 Å². The first kappa shape index (κ1) is 15.2. The monoisotopic (exact) mass is 341 g/mol. The van der Waals surface area contributed by atoms with Gasteiger partial charge >= 0.3 is 5.97 Å². The van der Waals surface area contributed by atoms with E-state index in [4.69, 9.17) is 0 Å². The van der Waals surface area contributed by atoms with Gasteiger partial charge in [0.15, 0.2) is 0 Å². The van der Waals surface area contributed by atoms with Gasteiger partial charge in [0.05, 0.1) is 17.3 Å². The summed E-state index contributed by atoms with van der Waals surface area (Å²) in [5.74, 6) is -0.224. The Hall–Kier alpha value is -3.07. The zero-order chi connectivity index (χ0) is 17.7. The van der Waals surface area contributed by atoms with Gasteiger partial charge in [0, 0.05) is 5.92 Å². The molecule has 0 saturated heterocycles. The van der Waals surface area contributed by atoms with E-state index < -0.39 is 5.97 Å². The molecule has 0 aromatic heterocycles. The standard InChI is InChI=1S/C23H19NO2/c25-23(26)20-13-5-12-19-16-9-4-11-18(16)21(24-22(19)20)17-10-3-7-14-6-1-2-8-15(14)17/h1-10,12-13,16,18,21,24H,11H2,(H,25,26). The van der Waals surface area contributed by atoms with Crippen molar-refractivity contribution in [1.82, 2.24) is 0 Å². The van der Waals surface area contributed by atoms with Gasteiger partial charge in [-0.3, -0.25) is 0 Å². The zero-order valence-corrected chi connectivity index (χ0v) is 14.2. The van der Waals surface area contributed by atoms with Gasteiger partial charge in [0.25, 0.3) is 0 Å². The maximum atomic E-state index is 11.8. The fraction of sp³-hybridized carbons (Fsp3) is 0.174. The first-order valence-electron chi connectivity index (χ1n) is 9.01. The van der Waals surface area contributed by atoms with Crippen LogP contribution >= 0.6 is 0 Å². The zero-order valence-electron chi connectivity index (χ0n) is 14.2. The lowest BCUT2D eigenvalue weighted by molar-refractivity contribution is 0.0697. The summed E-state index contributed by atoms with van der Waals surface area (Å²) in [6.07, 6.45) is 5.48. The summed E-state index contributed by atoms with van der Waals surface area (Å²) in [5.41, 5.74) is 3.46. The second kappa shape index (κ2) is 5.73. The topological polar surface area (TPSA) is 49.3 Å². The Bertz CT molecular complexity index is 1050. The van der Waals surface area contributed by atoms with Crippen molar-refractivity contribution >= 4 is 22.4 Å². The van der Waals surface area contributed by atoms with Crippen molar-refractivity contribution < 1.29 is 9.90 Å². The number of hydrogen-bond donors (Lipinski definition) is 2. The van der Waals surface area contributed by atoms with Crippen molar-refractivity contribution in [3.63, 3.8) is 0 Å². The molecule has 1 heterocycles. The third kappa shape index (κ3) is 2.17. The van der Waals surface area contributed by atoms with Crippen LogP contribution in [0.2, 0.25) is 0 Å². The fourth-order valence-corrected chi connectivity index (χ4v) is 4.63. The summed E-state index contributed by atoms with van der Waals surface area (Å²) in [6, 6.07) is 20.5. The highest BCUT2D eigenvalue weighted by molar-refractivity contribution is 5.96. The number of rotatable bonds is 2. The molecular formula is C23H19NO2. The largest absolute Gasteiger partial charge is 0.478 e. The molecule has 2 N–H and O–H groups in total. The van der Waals surface area contributed by atoms with Crippen LogP contribution in [0.25, 0.3) is 10.8 Å². The minimum absolute atomic E-state index is 0.0918. The van der Waals surface area contributed by atoms with Gasteiger partial charge in [0.2, 0.25) is 0 Å². The Morgan fingerprint density at radius 1 is 0.962 bits per heavy atom. The van der Waals surface area contributed by atoms with E-state index in [1.807, 2.05) is 6.07 Å². The molecular weight excluding hydrogens is 322 g/mol. The summed E-state index contributed by atoms with van der Waals surface area (Å²) < 4.78 is 0. The van der Waals surface area contributed by atoms with Crippen LogP contribution in [0.15, 0.2) is 72.8 Å². The lowest BCUT2D eigenvalue weighted by atomic mass is 9.75. The van der Waals surface area contributed by atoms with Crippen LogP contribution in [0.1, 0.15) is 39.9 Å². The molecule has 5 rings (SSSR count). The lowest BCUT2D eigenvalue weighted by Gasteiger charge is -2.38. The van der Waals surface area contributed by atoms with Gasteiger partial charge in [-0.15, -0.1) is 0 Å². The number of carboxylic acids is 1. The number of aromatic carboxylic acids is 1. The average Bonchev–Trinajstić information content (AvgIpc) is 3.16. The maximum Gasteiger partial charge on any atom is 0.337 e. The Balaban J connectivity index is 1.71. The van der Waals surface area contributed by atoms with Crippen molar-refractivity contribution in [3.8, 4) is 0 Å². The van der Waals surface area contributed by atoms with Crippen LogP contribution in [0, 0.1) is 5.92 Å². The number of benzene rings is 3. The van der Waals surface area contributed by atoms with Crippen LogP contribution in [0.3, 0.4) is 0 Å². The number of fused-ring (bicyclic) bond motifs is 4. The molecule has 0 bridgehead atoms. The highest BCUT2D eigenvalue weighted by atomic mass is 16.4. The van der Waals surface area contributed by atoms with Gasteiger partial charge in [-0.1, -0.05) is 66.7 Å². The molecule has 1 aliphatic heterocycles. The van der Waals surface area contributed by atoms with Crippen LogP contribution in [0.5, 0.6) is 0 Å². The Kier molecular flexibility index (Phi) is 3.35. The maximum absolute atomic E-state index is 11.8. The second-order valence-corrected chi connectivity index (χ2v) is 7.12. The van der Waals surface area contributed by atoms with Gasteiger partial charge in [-0.25, -0.2) is 4.79 Å². The number of para-hydroxylation sites is 1. The van der Waals surface area contributed by atoms with E-state index in [0.29, 0.717) is 11.5 Å². The van der Waals surface area contributed by atoms with Gasteiger partial charge < -0.3 is 10.4 Å². The molecule has 128 valence electrons. The Labute approximate surface area is 152 Å². The summed E-state index contributed by atoms with van der Waals surface area (Å²) in [4.78, 5) is 11.8. The van der Waals surface area contributed by atoms with Crippen molar-refractivity contribution in [3.05, 3.63) is 89.5 Å². The molecule has 0 amide bonds. The van der Waals surface area contributed by atoms with Crippen LogP contribution in [0.4, 0.5) is 5.69 Å². The van der Waals surface area contributed by atoms with Crippen LogP contribution in [-0.4, -0.2) is 11.1 Å². The smallest absolute Gasteiger partial charge is 0.337 e. The normalized spacial score (nSPS) is 23.3. The summed E-state index contributed by atoms with van der Waals surface area (Å²) in [6.45, 7) is 0. The predicted octanol–water partition coefficient (Wildman–Crippen LogP) is 5.36. The summed E-state index contributed by atoms with van der Waals surface area (Å²) >= 11 is 0. The first-order chi connectivity index (χ1) is 12.7. The fourth-order valence-electron chi connectivity index (χ4n) is 4.63. The lowest BCUT2D eigenvalue weighted by Crippen LogP contribution is -2.30. The van der Waals surface area contributed by atoms with Gasteiger partial charge in [-0.05, 0) is 40.3 Å². The molecule has 3 unspecified atom stereocenters. The average molecular weight is 341 g/mol. The highest BCUT2D eigenvalue weighted by Crippen LogP contribution is 2.51. The van der Waals surface area contributed by atoms with E-state index in [1.165, 1.54) is 16.3 Å². The minimum atomic E-state index is -0.883. The van der Waals surface area contributed by atoms with Crippen LogP contribution in [-0.2, 0) is 0 Å². The molecule has 2 aliphatic rings. The molecule has 3 heteroatoms. The van der Waals surface area contributed by atoms with E-state index in [1.54, 1.807) is 6.07 Å². The summed E-state index contributed by atoms with van der Waals surface area (Å²) in [5, 5.41) is 15.7. The molecule has 0 saturated carbocycles. The molecule has 26 heavy (non-hydrogen) atoms. The molecule has 1 aliphatic carbocycles. The molecule has 3 nitrogen and oxygen atoms in total. The first-order valence-corrected chi connectivity index (χ1v) is 9.01. The Morgan fingerprint density at radius 3 is 2.62 bits per heavy atom. The number of carbonyl (C=O) groups is 1. The van der Waals surface area contributed by atoms with E-state index >= 15 is 0 Å². The number of allylic oxidation sites excluding steroid dienone is 2. The quantitative estimate of drug-likeness (QED) is 0.617. The van der Waals surface area contributed by atoms with Crippen molar-refractivity contribution in [2.45, 2.75) is 18.4 Å². The molecule has 0 fully saturated rings. The molecule has 0 radical (unpaired) electrons. The van der Waals surface area contributed by atoms with E-state index in [0.717, 1.165) is 17.7 Å². The van der Waals surface area contributed by atoms with Crippen molar-refractivity contribution in [1.29, 1.82) is 0 Å². The molecule has 3 aromatic carbocycles. The Morgan fingerprint density at radius 2 is 1.73 bits per heavy atom. The third-order valence-corrected chi connectivity index (χ3v) is 5.79. The van der Waals surface area contributed by atoms with Crippen LogP contribution < -0.4 is 5.32 Å². The van der Waals surface area contributed by atoms with E-state index in [9.17, 15) is 9.90 Å². The number of carboxylic acid groups (broad SMARTS) is 1. The third-order valence-electron chi connectivity index (χ3n) is 5.79. The molecule has 0 spiro atoms. The molecule has 3 aromatic rings. The SMILES string of the molecule is O=C(O)c1cccc2c1NC(c1cccc3ccccc13)C1CC=CC21. The van der Waals surface area contributed by atoms with E-state index in [2.05, 4.69) is 66.0 Å². The number of anilines is 1. The number of nitrogens with one attached hydrogen (secondary N) is 1. The van der Waals surface area contributed by atoms with Crippen molar-refractivity contribution in [2.24, 2.45) is 5.92 Å². The van der Waals surface area contributed by atoms with Gasteiger partial charge in [-0.2, -0.15) is 0 Å².